The summed E-state index contributed by atoms with van der Waals surface area (Å²) in [5.74, 6) is 0.818. The minimum atomic E-state index is 0.818. The van der Waals surface area contributed by atoms with Crippen molar-refractivity contribution in [2.75, 3.05) is 0 Å². The molecule has 0 aromatic carbocycles. The minimum Gasteiger partial charge on any atom is -0.516 e. The highest BCUT2D eigenvalue weighted by Crippen LogP contribution is 2.31. The SMILES string of the molecule is CC1CC(=CO)C1. The molecule has 0 aromatic rings. The molecule has 1 fully saturated rings. The normalized spacial score (nSPS) is 29.3. The Bertz CT molecular complexity index is 86.4. The lowest BCUT2D eigenvalue weighted by Crippen LogP contribution is -2.09. The summed E-state index contributed by atoms with van der Waals surface area (Å²) >= 11 is 0. The Morgan fingerprint density at radius 1 is 1.71 bits per heavy atom. The molecule has 1 nitrogen and oxygen atoms in total. The fourth-order valence-corrected chi connectivity index (χ4v) is 0.941. The molecule has 0 spiro atoms. The lowest BCUT2D eigenvalue weighted by Gasteiger charge is -2.23. The number of hydrogen-bond donors (Lipinski definition) is 1. The van der Waals surface area contributed by atoms with E-state index in [0.29, 0.717) is 0 Å². The van der Waals surface area contributed by atoms with E-state index in [9.17, 15) is 0 Å². The van der Waals surface area contributed by atoms with Crippen molar-refractivity contribution in [3.8, 4) is 0 Å². The van der Waals surface area contributed by atoms with Gasteiger partial charge >= 0.3 is 0 Å². The molecule has 1 aliphatic carbocycles. The van der Waals surface area contributed by atoms with E-state index in [2.05, 4.69) is 6.92 Å². The molecule has 1 N–H and O–H groups in total. The molecule has 0 amide bonds. The summed E-state index contributed by atoms with van der Waals surface area (Å²) in [6.07, 6.45) is 3.45. The maximum Gasteiger partial charge on any atom is 0.0783 e. The van der Waals surface area contributed by atoms with Crippen LogP contribution in [0.1, 0.15) is 19.8 Å². The third-order valence-corrected chi connectivity index (χ3v) is 1.40. The Morgan fingerprint density at radius 2 is 2.29 bits per heavy atom. The summed E-state index contributed by atoms with van der Waals surface area (Å²) in [7, 11) is 0. The average Bonchev–Trinajstić information content (AvgIpc) is 1.58. The molecule has 7 heavy (non-hydrogen) atoms. The van der Waals surface area contributed by atoms with Gasteiger partial charge in [-0.3, -0.25) is 0 Å². The van der Waals surface area contributed by atoms with Crippen molar-refractivity contribution in [1.29, 1.82) is 0 Å². The second kappa shape index (κ2) is 1.57. The van der Waals surface area contributed by atoms with Gasteiger partial charge < -0.3 is 5.11 Å². The third-order valence-electron chi connectivity index (χ3n) is 1.40. The van der Waals surface area contributed by atoms with Gasteiger partial charge in [-0.1, -0.05) is 6.92 Å². The van der Waals surface area contributed by atoms with Gasteiger partial charge in [0.15, 0.2) is 0 Å². The molecule has 0 atom stereocenters. The van der Waals surface area contributed by atoms with Gasteiger partial charge in [-0.25, -0.2) is 0 Å². The summed E-state index contributed by atoms with van der Waals surface area (Å²) in [5.41, 5.74) is 1.20. The van der Waals surface area contributed by atoms with Crippen LogP contribution >= 0.6 is 0 Å². The first-order valence-electron chi connectivity index (χ1n) is 2.65. The Hall–Kier alpha value is -0.460. The lowest BCUT2D eigenvalue weighted by atomic mass is 9.83. The molecular formula is C6H10O. The quantitative estimate of drug-likeness (QED) is 0.458. The van der Waals surface area contributed by atoms with Crippen molar-refractivity contribution >= 4 is 0 Å². The van der Waals surface area contributed by atoms with Crippen LogP contribution in [-0.4, -0.2) is 5.11 Å². The molecule has 1 saturated carbocycles. The first kappa shape index (κ1) is 4.69. The van der Waals surface area contributed by atoms with E-state index in [0.717, 1.165) is 18.8 Å². The van der Waals surface area contributed by atoms with Gasteiger partial charge in [-0.2, -0.15) is 0 Å². The zero-order valence-electron chi connectivity index (χ0n) is 4.52. The molecule has 0 saturated heterocycles. The number of hydrogen-bond acceptors (Lipinski definition) is 1. The Kier molecular flexibility index (Phi) is 1.05. The van der Waals surface area contributed by atoms with Crippen molar-refractivity contribution in [2.45, 2.75) is 19.8 Å². The van der Waals surface area contributed by atoms with Gasteiger partial charge in [-0.15, -0.1) is 0 Å². The van der Waals surface area contributed by atoms with Crippen LogP contribution in [0, 0.1) is 5.92 Å². The van der Waals surface area contributed by atoms with Crippen molar-refractivity contribution in [2.24, 2.45) is 5.92 Å². The number of aliphatic hydroxyl groups is 1. The Labute approximate surface area is 43.7 Å². The highest BCUT2D eigenvalue weighted by Gasteiger charge is 2.17. The van der Waals surface area contributed by atoms with Crippen LogP contribution in [0.25, 0.3) is 0 Å². The van der Waals surface area contributed by atoms with Crippen LogP contribution in [0.5, 0.6) is 0 Å². The van der Waals surface area contributed by atoms with E-state index in [4.69, 9.17) is 5.11 Å². The number of aliphatic hydroxyl groups excluding tert-OH is 1. The van der Waals surface area contributed by atoms with E-state index >= 15 is 0 Å². The van der Waals surface area contributed by atoms with Crippen LogP contribution in [0.2, 0.25) is 0 Å². The first-order chi connectivity index (χ1) is 3.33. The third kappa shape index (κ3) is 0.763. The van der Waals surface area contributed by atoms with E-state index in [-0.39, 0.29) is 0 Å². The molecule has 0 bridgehead atoms. The fraction of sp³-hybridized carbons (Fsp3) is 0.667. The highest BCUT2D eigenvalue weighted by atomic mass is 16.2. The summed E-state index contributed by atoms with van der Waals surface area (Å²) in [6, 6.07) is 0. The molecule has 1 heteroatoms. The van der Waals surface area contributed by atoms with Crippen molar-refractivity contribution in [3.05, 3.63) is 11.8 Å². The molecule has 1 rings (SSSR count). The van der Waals surface area contributed by atoms with E-state index in [1.165, 1.54) is 11.8 Å². The van der Waals surface area contributed by atoms with Gasteiger partial charge in [0.05, 0.1) is 6.26 Å². The first-order valence-corrected chi connectivity index (χ1v) is 2.65. The standard InChI is InChI=1S/C6H10O/c1-5-2-6(3-5)4-7/h4-5,7H,2-3H2,1H3. The van der Waals surface area contributed by atoms with Crippen molar-refractivity contribution in [1.82, 2.24) is 0 Å². The summed E-state index contributed by atoms with van der Waals surface area (Å²) in [6.45, 7) is 2.19. The number of rotatable bonds is 0. The summed E-state index contributed by atoms with van der Waals surface area (Å²) in [5, 5.41) is 8.34. The van der Waals surface area contributed by atoms with Crippen LogP contribution in [0.15, 0.2) is 11.8 Å². The van der Waals surface area contributed by atoms with Crippen LogP contribution in [-0.2, 0) is 0 Å². The van der Waals surface area contributed by atoms with Crippen LogP contribution < -0.4 is 0 Å². The van der Waals surface area contributed by atoms with Gasteiger partial charge in [0.25, 0.3) is 0 Å². The van der Waals surface area contributed by atoms with Gasteiger partial charge in [0.2, 0.25) is 0 Å². The molecule has 0 radical (unpaired) electrons. The monoisotopic (exact) mass is 98.1 g/mol. The van der Waals surface area contributed by atoms with Gasteiger partial charge in [0, 0.05) is 0 Å². The number of allylic oxidation sites excluding steroid dienone is 1. The highest BCUT2D eigenvalue weighted by molar-refractivity contribution is 5.08. The minimum absolute atomic E-state index is 0.818. The largest absolute Gasteiger partial charge is 0.516 e. The average molecular weight is 98.1 g/mol. The molecule has 0 unspecified atom stereocenters. The molecule has 0 aromatic heterocycles. The zero-order valence-corrected chi connectivity index (χ0v) is 4.52. The molecule has 0 aliphatic heterocycles. The lowest BCUT2D eigenvalue weighted by molar-refractivity contribution is 0.401. The molecular weight excluding hydrogens is 88.1 g/mol. The van der Waals surface area contributed by atoms with Crippen molar-refractivity contribution < 1.29 is 5.11 Å². The Balaban J connectivity index is 2.30. The second-order valence-electron chi connectivity index (χ2n) is 2.30. The smallest absolute Gasteiger partial charge is 0.0783 e. The maximum absolute atomic E-state index is 8.34. The van der Waals surface area contributed by atoms with Crippen LogP contribution in [0.3, 0.4) is 0 Å². The topological polar surface area (TPSA) is 20.2 Å². The zero-order chi connectivity index (χ0) is 5.28. The van der Waals surface area contributed by atoms with Gasteiger partial charge in [0.1, 0.15) is 0 Å². The summed E-state index contributed by atoms with van der Waals surface area (Å²) < 4.78 is 0. The van der Waals surface area contributed by atoms with E-state index < -0.39 is 0 Å². The van der Waals surface area contributed by atoms with E-state index in [1.807, 2.05) is 0 Å². The van der Waals surface area contributed by atoms with Crippen molar-refractivity contribution in [3.63, 3.8) is 0 Å². The predicted octanol–water partition coefficient (Wildman–Crippen LogP) is 1.86. The van der Waals surface area contributed by atoms with Crippen LogP contribution in [0.4, 0.5) is 0 Å². The maximum atomic E-state index is 8.34. The Morgan fingerprint density at radius 3 is 2.43 bits per heavy atom. The molecule has 0 heterocycles. The predicted molar refractivity (Wildman–Crippen MR) is 29.1 cm³/mol. The second-order valence-corrected chi connectivity index (χ2v) is 2.30. The fourth-order valence-electron chi connectivity index (χ4n) is 0.941. The molecule has 40 valence electrons. The van der Waals surface area contributed by atoms with Gasteiger partial charge in [-0.05, 0) is 24.3 Å². The van der Waals surface area contributed by atoms with E-state index in [1.54, 1.807) is 0 Å². The summed E-state index contributed by atoms with van der Waals surface area (Å²) in [4.78, 5) is 0. The molecule has 1 aliphatic rings.